The van der Waals surface area contributed by atoms with Gasteiger partial charge in [-0.2, -0.15) is 0 Å². The van der Waals surface area contributed by atoms with Gasteiger partial charge in [0.25, 0.3) is 0 Å². The molecule has 5 nitrogen and oxygen atoms in total. The summed E-state index contributed by atoms with van der Waals surface area (Å²) < 4.78 is 5.62. The van der Waals surface area contributed by atoms with Crippen LogP contribution < -0.4 is 10.1 Å². The van der Waals surface area contributed by atoms with Crippen molar-refractivity contribution in [2.75, 3.05) is 6.54 Å². The highest BCUT2D eigenvalue weighted by Crippen LogP contribution is 2.19. The molecule has 0 unspecified atom stereocenters. The normalized spacial score (nSPS) is 10.6. The Morgan fingerprint density at radius 1 is 1.22 bits per heavy atom. The minimum atomic E-state index is 0.542. The van der Waals surface area contributed by atoms with Crippen molar-refractivity contribution in [3.05, 3.63) is 35.2 Å². The minimum absolute atomic E-state index is 0.542. The van der Waals surface area contributed by atoms with E-state index in [-0.39, 0.29) is 0 Å². The van der Waals surface area contributed by atoms with Crippen molar-refractivity contribution in [3.8, 4) is 11.8 Å². The second kappa shape index (κ2) is 5.64. The molecule has 0 aliphatic rings. The number of aromatic amines is 1. The van der Waals surface area contributed by atoms with E-state index < -0.39 is 0 Å². The summed E-state index contributed by atoms with van der Waals surface area (Å²) in [4.78, 5) is 4.34. The van der Waals surface area contributed by atoms with Crippen LogP contribution in [0.4, 0.5) is 0 Å². The van der Waals surface area contributed by atoms with Crippen LogP contribution in [-0.2, 0) is 6.54 Å². The lowest BCUT2D eigenvalue weighted by Gasteiger charge is -2.07. The van der Waals surface area contributed by atoms with Crippen molar-refractivity contribution < 1.29 is 4.74 Å². The van der Waals surface area contributed by atoms with Crippen LogP contribution in [0.15, 0.2) is 18.2 Å². The number of H-pyrrole nitrogens is 1. The molecule has 0 aliphatic heterocycles. The van der Waals surface area contributed by atoms with Crippen LogP contribution in [0.1, 0.15) is 23.9 Å². The van der Waals surface area contributed by atoms with E-state index in [1.54, 1.807) is 0 Å². The number of nitrogens with zero attached hydrogens (tertiary/aromatic N) is 2. The molecule has 0 aromatic carbocycles. The lowest BCUT2D eigenvalue weighted by Crippen LogP contribution is -2.12. The molecule has 2 N–H and O–H groups in total. The lowest BCUT2D eigenvalue weighted by atomic mass is 10.2. The maximum Gasteiger partial charge on any atom is 0.240 e. The molecule has 0 bridgehead atoms. The molecule has 0 aliphatic carbocycles. The summed E-state index contributed by atoms with van der Waals surface area (Å²) >= 11 is 0. The topological polar surface area (TPSA) is 62.8 Å². The molecule has 0 fully saturated rings. The Labute approximate surface area is 107 Å². The smallest absolute Gasteiger partial charge is 0.240 e. The number of aryl methyl sites for hydroxylation is 2. The van der Waals surface area contributed by atoms with E-state index in [4.69, 9.17) is 4.74 Å². The molecule has 5 heteroatoms. The third-order valence-corrected chi connectivity index (χ3v) is 2.46. The number of aromatic nitrogens is 3. The SMILES string of the molecule is CCNCc1cc(C)nc(Oc2cc(C)[nH]n2)c1. The highest BCUT2D eigenvalue weighted by Gasteiger charge is 2.05. The molecule has 0 atom stereocenters. The van der Waals surface area contributed by atoms with Gasteiger partial charge in [-0.1, -0.05) is 6.92 Å². The van der Waals surface area contributed by atoms with E-state index in [0.29, 0.717) is 11.8 Å². The van der Waals surface area contributed by atoms with Gasteiger partial charge in [-0.05, 0) is 32.0 Å². The largest absolute Gasteiger partial charge is 0.419 e. The number of hydrogen-bond donors (Lipinski definition) is 2. The van der Waals surface area contributed by atoms with Crippen LogP contribution in [0.3, 0.4) is 0 Å². The zero-order valence-electron chi connectivity index (χ0n) is 10.9. The number of nitrogens with one attached hydrogen (secondary N) is 2. The predicted molar refractivity (Wildman–Crippen MR) is 69.8 cm³/mol. The number of ether oxygens (including phenoxy) is 1. The lowest BCUT2D eigenvalue weighted by molar-refractivity contribution is 0.441. The van der Waals surface area contributed by atoms with Gasteiger partial charge in [0, 0.05) is 30.1 Å². The van der Waals surface area contributed by atoms with Crippen LogP contribution in [-0.4, -0.2) is 21.7 Å². The van der Waals surface area contributed by atoms with Gasteiger partial charge in [-0.3, -0.25) is 5.10 Å². The maximum absolute atomic E-state index is 5.62. The Morgan fingerprint density at radius 3 is 2.72 bits per heavy atom. The predicted octanol–water partition coefficient (Wildman–Crippen LogP) is 2.32. The molecule has 0 radical (unpaired) electrons. The first-order valence-electron chi connectivity index (χ1n) is 6.05. The van der Waals surface area contributed by atoms with Crippen molar-refractivity contribution in [3.63, 3.8) is 0 Å². The van der Waals surface area contributed by atoms with E-state index in [9.17, 15) is 0 Å². The van der Waals surface area contributed by atoms with Crippen molar-refractivity contribution in [1.82, 2.24) is 20.5 Å². The zero-order chi connectivity index (χ0) is 13.0. The summed E-state index contributed by atoms with van der Waals surface area (Å²) in [6.07, 6.45) is 0. The van der Waals surface area contributed by atoms with Crippen LogP contribution in [0.5, 0.6) is 11.8 Å². The summed E-state index contributed by atoms with van der Waals surface area (Å²) in [5, 5.41) is 10.1. The maximum atomic E-state index is 5.62. The van der Waals surface area contributed by atoms with Gasteiger partial charge in [-0.15, -0.1) is 5.10 Å². The fourth-order valence-electron chi connectivity index (χ4n) is 1.68. The highest BCUT2D eigenvalue weighted by atomic mass is 16.5. The fourth-order valence-corrected chi connectivity index (χ4v) is 1.68. The Morgan fingerprint density at radius 2 is 2.06 bits per heavy atom. The Kier molecular flexibility index (Phi) is 3.94. The quantitative estimate of drug-likeness (QED) is 0.850. The molecular weight excluding hydrogens is 228 g/mol. The van der Waals surface area contributed by atoms with E-state index in [0.717, 1.165) is 30.0 Å². The summed E-state index contributed by atoms with van der Waals surface area (Å²) in [6.45, 7) is 7.72. The standard InChI is InChI=1S/C13H18N4O/c1-4-14-8-11-5-9(2)15-12(7-11)18-13-6-10(3)16-17-13/h5-7,14H,4,8H2,1-3H3,(H,16,17). The highest BCUT2D eigenvalue weighted by molar-refractivity contribution is 5.27. The summed E-state index contributed by atoms with van der Waals surface area (Å²) in [5.74, 6) is 1.12. The first-order chi connectivity index (χ1) is 8.67. The Hall–Kier alpha value is -1.88. The summed E-state index contributed by atoms with van der Waals surface area (Å²) in [7, 11) is 0. The van der Waals surface area contributed by atoms with Gasteiger partial charge in [0.1, 0.15) is 0 Å². The monoisotopic (exact) mass is 246 g/mol. The van der Waals surface area contributed by atoms with Crippen LogP contribution in [0.2, 0.25) is 0 Å². The molecule has 2 heterocycles. The molecule has 2 rings (SSSR count). The fraction of sp³-hybridized carbons (Fsp3) is 0.385. The molecule has 2 aromatic rings. The average Bonchev–Trinajstić information content (AvgIpc) is 2.71. The molecule has 0 amide bonds. The first kappa shape index (κ1) is 12.6. The van der Waals surface area contributed by atoms with Crippen molar-refractivity contribution in [2.45, 2.75) is 27.3 Å². The van der Waals surface area contributed by atoms with E-state index in [2.05, 4.69) is 27.4 Å². The molecule has 0 saturated heterocycles. The minimum Gasteiger partial charge on any atom is -0.419 e. The third-order valence-electron chi connectivity index (χ3n) is 2.46. The Bertz CT molecular complexity index is 521. The van der Waals surface area contributed by atoms with E-state index >= 15 is 0 Å². The number of hydrogen-bond acceptors (Lipinski definition) is 4. The molecular formula is C13H18N4O. The van der Waals surface area contributed by atoms with Gasteiger partial charge in [0.05, 0.1) is 0 Å². The van der Waals surface area contributed by atoms with Crippen molar-refractivity contribution in [2.24, 2.45) is 0 Å². The van der Waals surface area contributed by atoms with Gasteiger partial charge < -0.3 is 10.1 Å². The second-order valence-electron chi connectivity index (χ2n) is 4.23. The van der Waals surface area contributed by atoms with Crippen LogP contribution in [0, 0.1) is 13.8 Å². The van der Waals surface area contributed by atoms with Crippen molar-refractivity contribution in [1.29, 1.82) is 0 Å². The van der Waals surface area contributed by atoms with Gasteiger partial charge in [0.15, 0.2) is 0 Å². The third kappa shape index (κ3) is 3.30. The average molecular weight is 246 g/mol. The van der Waals surface area contributed by atoms with Crippen LogP contribution >= 0.6 is 0 Å². The van der Waals surface area contributed by atoms with Crippen molar-refractivity contribution >= 4 is 0 Å². The number of pyridine rings is 1. The van der Waals surface area contributed by atoms with E-state index in [1.165, 1.54) is 0 Å². The summed E-state index contributed by atoms with van der Waals surface area (Å²) in [6, 6.07) is 5.82. The van der Waals surface area contributed by atoms with Gasteiger partial charge in [-0.25, -0.2) is 4.98 Å². The second-order valence-corrected chi connectivity index (χ2v) is 4.23. The van der Waals surface area contributed by atoms with Crippen LogP contribution in [0.25, 0.3) is 0 Å². The first-order valence-corrected chi connectivity index (χ1v) is 6.05. The number of rotatable bonds is 5. The Balaban J connectivity index is 2.14. The molecule has 2 aromatic heterocycles. The zero-order valence-corrected chi connectivity index (χ0v) is 10.9. The molecule has 96 valence electrons. The van der Waals surface area contributed by atoms with Gasteiger partial charge in [0.2, 0.25) is 11.8 Å². The summed E-state index contributed by atoms with van der Waals surface area (Å²) in [5.41, 5.74) is 3.06. The van der Waals surface area contributed by atoms with Gasteiger partial charge >= 0.3 is 0 Å². The molecule has 18 heavy (non-hydrogen) atoms. The molecule has 0 saturated carbocycles. The molecule has 0 spiro atoms. The van der Waals surface area contributed by atoms with E-state index in [1.807, 2.05) is 32.0 Å².